The minimum atomic E-state index is -0.346. The first-order chi connectivity index (χ1) is 8.73. The number of nitrogens with zero attached hydrogens (tertiary/aromatic N) is 1. The second-order valence-corrected chi connectivity index (χ2v) is 6.33. The zero-order valence-corrected chi connectivity index (χ0v) is 12.4. The Labute approximate surface area is 114 Å². The van der Waals surface area contributed by atoms with Gasteiger partial charge in [0.2, 0.25) is 0 Å². The van der Waals surface area contributed by atoms with Crippen molar-refractivity contribution in [2.75, 3.05) is 0 Å². The van der Waals surface area contributed by atoms with E-state index in [1.807, 2.05) is 32.9 Å². The molecule has 0 spiro atoms. The van der Waals surface area contributed by atoms with Gasteiger partial charge in [-0.15, -0.1) is 0 Å². The first kappa shape index (κ1) is 14.3. The van der Waals surface area contributed by atoms with E-state index in [4.69, 9.17) is 9.47 Å². The highest BCUT2D eigenvalue weighted by Crippen LogP contribution is 2.39. The third-order valence-electron chi connectivity index (χ3n) is 3.48. The average molecular weight is 265 g/mol. The van der Waals surface area contributed by atoms with E-state index in [2.05, 4.69) is 18.8 Å². The number of hydrogen-bond acceptors (Lipinski definition) is 4. The zero-order chi connectivity index (χ0) is 14.3. The molecule has 0 saturated carbocycles. The van der Waals surface area contributed by atoms with E-state index >= 15 is 0 Å². The van der Waals surface area contributed by atoms with Crippen molar-refractivity contribution < 1.29 is 14.6 Å². The molecule has 0 aromatic carbocycles. The first-order valence-electron chi connectivity index (χ1n) is 6.68. The van der Waals surface area contributed by atoms with Crippen LogP contribution in [0.1, 0.15) is 45.5 Å². The fourth-order valence-electron chi connectivity index (χ4n) is 2.67. The standard InChI is InChI=1S/C15H23NO3/c1-10-6-7-12(11(9-17)16-10)18-13-8-14(2,3)19-15(13,4)5/h6-7,13,17H,8-9H2,1-5H3. The first-order valence-corrected chi connectivity index (χ1v) is 6.68. The number of ether oxygens (including phenoxy) is 2. The molecule has 1 aromatic heterocycles. The maximum absolute atomic E-state index is 9.38. The van der Waals surface area contributed by atoms with Crippen LogP contribution in [0.4, 0.5) is 0 Å². The van der Waals surface area contributed by atoms with Crippen molar-refractivity contribution in [2.24, 2.45) is 0 Å². The number of rotatable bonds is 3. The van der Waals surface area contributed by atoms with Crippen molar-refractivity contribution in [2.45, 2.75) is 65.0 Å². The molecule has 2 rings (SSSR count). The molecule has 1 aromatic rings. The van der Waals surface area contributed by atoms with Crippen molar-refractivity contribution in [1.82, 2.24) is 4.98 Å². The summed E-state index contributed by atoms with van der Waals surface area (Å²) in [7, 11) is 0. The van der Waals surface area contributed by atoms with E-state index in [1.54, 1.807) is 0 Å². The van der Waals surface area contributed by atoms with Gasteiger partial charge in [0, 0.05) is 12.1 Å². The molecule has 1 unspecified atom stereocenters. The summed E-state index contributed by atoms with van der Waals surface area (Å²) in [5, 5.41) is 9.38. The third kappa shape index (κ3) is 3.07. The number of aromatic nitrogens is 1. The van der Waals surface area contributed by atoms with Crippen LogP contribution >= 0.6 is 0 Å². The maximum Gasteiger partial charge on any atom is 0.143 e. The lowest BCUT2D eigenvalue weighted by Crippen LogP contribution is -2.37. The van der Waals surface area contributed by atoms with Gasteiger partial charge in [-0.1, -0.05) is 0 Å². The van der Waals surface area contributed by atoms with Gasteiger partial charge in [-0.05, 0) is 46.8 Å². The monoisotopic (exact) mass is 265 g/mol. The molecule has 4 heteroatoms. The highest BCUT2D eigenvalue weighted by molar-refractivity contribution is 5.29. The molecule has 1 atom stereocenters. The minimum Gasteiger partial charge on any atom is -0.485 e. The summed E-state index contributed by atoms with van der Waals surface area (Å²) >= 11 is 0. The Morgan fingerprint density at radius 1 is 1.37 bits per heavy atom. The third-order valence-corrected chi connectivity index (χ3v) is 3.48. The topological polar surface area (TPSA) is 51.6 Å². The summed E-state index contributed by atoms with van der Waals surface area (Å²) in [6.07, 6.45) is 0.774. The molecule has 1 aliphatic heterocycles. The Bertz CT molecular complexity index is 468. The highest BCUT2D eigenvalue weighted by Gasteiger charge is 2.47. The van der Waals surface area contributed by atoms with Crippen LogP contribution in [0.3, 0.4) is 0 Å². The second-order valence-electron chi connectivity index (χ2n) is 6.33. The van der Waals surface area contributed by atoms with Crippen molar-refractivity contribution in [3.05, 3.63) is 23.5 Å². The van der Waals surface area contributed by atoms with Gasteiger partial charge in [-0.3, -0.25) is 4.98 Å². The summed E-state index contributed by atoms with van der Waals surface area (Å²) in [6, 6.07) is 3.76. The van der Waals surface area contributed by atoms with Gasteiger partial charge in [0.15, 0.2) is 0 Å². The van der Waals surface area contributed by atoms with Crippen LogP contribution in [0.2, 0.25) is 0 Å². The van der Waals surface area contributed by atoms with Crippen molar-refractivity contribution in [3.63, 3.8) is 0 Å². The number of aliphatic hydroxyl groups excluding tert-OH is 1. The van der Waals surface area contributed by atoms with Crippen LogP contribution < -0.4 is 4.74 Å². The van der Waals surface area contributed by atoms with Crippen LogP contribution in [-0.4, -0.2) is 27.4 Å². The van der Waals surface area contributed by atoms with Gasteiger partial charge >= 0.3 is 0 Å². The van der Waals surface area contributed by atoms with Gasteiger partial charge in [-0.25, -0.2) is 0 Å². The lowest BCUT2D eigenvalue weighted by Gasteiger charge is -2.27. The summed E-state index contributed by atoms with van der Waals surface area (Å²) in [6.45, 7) is 9.99. The van der Waals surface area contributed by atoms with Gasteiger partial charge in [0.1, 0.15) is 23.1 Å². The number of aliphatic hydroxyl groups is 1. The summed E-state index contributed by atoms with van der Waals surface area (Å²) in [5.41, 5.74) is 0.923. The zero-order valence-electron chi connectivity index (χ0n) is 12.4. The minimum absolute atomic E-state index is 0.0442. The summed E-state index contributed by atoms with van der Waals surface area (Å²) in [5.74, 6) is 0.646. The molecular weight excluding hydrogens is 242 g/mol. The molecule has 0 bridgehead atoms. The fourth-order valence-corrected chi connectivity index (χ4v) is 2.67. The van der Waals surface area contributed by atoms with E-state index in [9.17, 15) is 5.11 Å². The van der Waals surface area contributed by atoms with Crippen LogP contribution in [0, 0.1) is 6.92 Å². The molecule has 0 amide bonds. The molecule has 106 valence electrons. The number of aryl methyl sites for hydroxylation is 1. The van der Waals surface area contributed by atoms with Crippen LogP contribution in [-0.2, 0) is 11.3 Å². The van der Waals surface area contributed by atoms with E-state index < -0.39 is 0 Å². The van der Waals surface area contributed by atoms with E-state index in [0.29, 0.717) is 11.4 Å². The Kier molecular flexibility index (Phi) is 3.58. The molecule has 1 aliphatic rings. The summed E-state index contributed by atoms with van der Waals surface area (Å²) in [4.78, 5) is 4.30. The molecule has 2 heterocycles. The van der Waals surface area contributed by atoms with Crippen LogP contribution in [0.25, 0.3) is 0 Å². The molecule has 19 heavy (non-hydrogen) atoms. The Hall–Kier alpha value is -1.13. The predicted molar refractivity (Wildman–Crippen MR) is 73.2 cm³/mol. The molecule has 0 aliphatic carbocycles. The fraction of sp³-hybridized carbons (Fsp3) is 0.667. The van der Waals surface area contributed by atoms with E-state index in [1.165, 1.54) is 0 Å². The number of pyridine rings is 1. The quantitative estimate of drug-likeness (QED) is 0.912. The molecule has 1 saturated heterocycles. The van der Waals surface area contributed by atoms with Crippen molar-refractivity contribution in [3.8, 4) is 5.75 Å². The van der Waals surface area contributed by atoms with Crippen molar-refractivity contribution >= 4 is 0 Å². The van der Waals surface area contributed by atoms with Crippen molar-refractivity contribution in [1.29, 1.82) is 0 Å². The Balaban J connectivity index is 2.22. The lowest BCUT2D eigenvalue weighted by molar-refractivity contribution is -0.0848. The Morgan fingerprint density at radius 2 is 2.05 bits per heavy atom. The number of hydrogen-bond donors (Lipinski definition) is 1. The van der Waals surface area contributed by atoms with Gasteiger partial charge in [0.05, 0.1) is 12.2 Å². The molecule has 0 radical (unpaired) electrons. The lowest BCUT2D eigenvalue weighted by atomic mass is 9.97. The maximum atomic E-state index is 9.38. The largest absolute Gasteiger partial charge is 0.485 e. The molecule has 1 N–H and O–H groups in total. The predicted octanol–water partition coefficient (Wildman–Crippen LogP) is 2.61. The van der Waals surface area contributed by atoms with Gasteiger partial charge in [-0.2, -0.15) is 0 Å². The molecule has 4 nitrogen and oxygen atoms in total. The normalized spacial score (nSPS) is 24.4. The molecular formula is C15H23NO3. The average Bonchev–Trinajstić information content (AvgIpc) is 2.49. The smallest absolute Gasteiger partial charge is 0.143 e. The van der Waals surface area contributed by atoms with Crippen LogP contribution in [0.15, 0.2) is 12.1 Å². The van der Waals surface area contributed by atoms with Gasteiger partial charge in [0.25, 0.3) is 0 Å². The second kappa shape index (κ2) is 4.76. The van der Waals surface area contributed by atoms with E-state index in [-0.39, 0.29) is 23.9 Å². The SMILES string of the molecule is Cc1ccc(OC2CC(C)(C)OC2(C)C)c(CO)n1. The molecule has 1 fully saturated rings. The van der Waals surface area contributed by atoms with E-state index in [0.717, 1.165) is 12.1 Å². The highest BCUT2D eigenvalue weighted by atomic mass is 16.6. The van der Waals surface area contributed by atoms with Crippen LogP contribution in [0.5, 0.6) is 5.75 Å². The Morgan fingerprint density at radius 3 is 2.58 bits per heavy atom. The van der Waals surface area contributed by atoms with Gasteiger partial charge < -0.3 is 14.6 Å². The summed E-state index contributed by atoms with van der Waals surface area (Å²) < 4.78 is 12.1.